The SMILES string of the molecule is COC(=O)C(CCCC(=O)O)(CCC(C(=O)O)(c1ccccc1)c1ccccc1)C(=O)OC. The van der Waals surface area contributed by atoms with Gasteiger partial charge in [0, 0.05) is 6.42 Å². The van der Waals surface area contributed by atoms with Crippen molar-refractivity contribution in [2.45, 2.75) is 37.5 Å². The second-order valence-electron chi connectivity index (χ2n) is 7.76. The third-order valence-corrected chi connectivity index (χ3v) is 5.97. The Morgan fingerprint density at radius 2 is 1.18 bits per heavy atom. The second kappa shape index (κ2) is 11.3. The topological polar surface area (TPSA) is 127 Å². The number of hydrogen-bond acceptors (Lipinski definition) is 6. The Balaban J connectivity index is 2.60. The van der Waals surface area contributed by atoms with Gasteiger partial charge >= 0.3 is 23.9 Å². The van der Waals surface area contributed by atoms with Crippen molar-refractivity contribution in [3.8, 4) is 0 Å². The number of esters is 2. The molecule has 8 nitrogen and oxygen atoms in total. The van der Waals surface area contributed by atoms with Crippen LogP contribution in [0.3, 0.4) is 0 Å². The molecular formula is C25H28O8. The highest BCUT2D eigenvalue weighted by Gasteiger charge is 2.51. The van der Waals surface area contributed by atoms with Crippen LogP contribution in [0.4, 0.5) is 0 Å². The van der Waals surface area contributed by atoms with Crippen LogP contribution in [0.25, 0.3) is 0 Å². The standard InChI is InChI=1S/C25H28O8/c1-32-22(30)24(23(31)33-2,15-9-14-20(26)27)16-17-25(21(28)29,18-10-5-3-6-11-18)19-12-7-4-8-13-19/h3-8,10-13H,9,14-17H2,1-2H3,(H,26,27)(H,28,29). The number of methoxy groups -OCH3 is 2. The van der Waals surface area contributed by atoms with Crippen molar-refractivity contribution in [1.29, 1.82) is 0 Å². The van der Waals surface area contributed by atoms with Gasteiger partial charge in [-0.25, -0.2) is 0 Å². The van der Waals surface area contributed by atoms with E-state index in [2.05, 4.69) is 0 Å². The van der Waals surface area contributed by atoms with Crippen molar-refractivity contribution >= 4 is 23.9 Å². The van der Waals surface area contributed by atoms with Crippen LogP contribution in [0.15, 0.2) is 60.7 Å². The van der Waals surface area contributed by atoms with E-state index in [9.17, 15) is 24.3 Å². The Kier molecular flexibility index (Phi) is 8.73. The van der Waals surface area contributed by atoms with Crippen molar-refractivity contribution in [2.24, 2.45) is 5.41 Å². The lowest BCUT2D eigenvalue weighted by atomic mass is 9.67. The van der Waals surface area contributed by atoms with E-state index in [1.54, 1.807) is 60.7 Å². The van der Waals surface area contributed by atoms with Gasteiger partial charge in [0.25, 0.3) is 0 Å². The number of aliphatic carboxylic acids is 2. The summed E-state index contributed by atoms with van der Waals surface area (Å²) in [6, 6.07) is 17.1. The maximum atomic E-state index is 12.9. The fraction of sp³-hybridized carbons (Fsp3) is 0.360. The summed E-state index contributed by atoms with van der Waals surface area (Å²) in [6.45, 7) is 0. The molecule has 2 aromatic carbocycles. The van der Waals surface area contributed by atoms with Crippen molar-refractivity contribution < 1.29 is 38.9 Å². The Labute approximate surface area is 192 Å². The van der Waals surface area contributed by atoms with Crippen molar-refractivity contribution in [3.05, 3.63) is 71.8 Å². The van der Waals surface area contributed by atoms with Gasteiger partial charge < -0.3 is 19.7 Å². The van der Waals surface area contributed by atoms with Gasteiger partial charge in [0.05, 0.1) is 14.2 Å². The molecule has 176 valence electrons. The highest BCUT2D eigenvalue weighted by molar-refractivity contribution is 6.00. The lowest BCUT2D eigenvalue weighted by Gasteiger charge is -2.35. The smallest absolute Gasteiger partial charge is 0.323 e. The van der Waals surface area contributed by atoms with Gasteiger partial charge in [-0.2, -0.15) is 0 Å². The zero-order valence-electron chi connectivity index (χ0n) is 18.7. The average Bonchev–Trinajstić information content (AvgIpc) is 2.83. The van der Waals surface area contributed by atoms with E-state index in [-0.39, 0.29) is 32.1 Å². The number of rotatable bonds is 12. The Hall–Kier alpha value is -3.68. The minimum atomic E-state index is -1.84. The van der Waals surface area contributed by atoms with E-state index >= 15 is 0 Å². The van der Waals surface area contributed by atoms with Crippen LogP contribution in [0.1, 0.15) is 43.2 Å². The van der Waals surface area contributed by atoms with E-state index in [0.29, 0.717) is 11.1 Å². The molecule has 0 atom stereocenters. The molecule has 0 aliphatic heterocycles. The van der Waals surface area contributed by atoms with E-state index in [4.69, 9.17) is 14.6 Å². The van der Waals surface area contributed by atoms with Gasteiger partial charge in [0.1, 0.15) is 5.41 Å². The second-order valence-corrected chi connectivity index (χ2v) is 7.76. The minimum absolute atomic E-state index is 0.0102. The fourth-order valence-electron chi connectivity index (χ4n) is 4.20. The predicted octanol–water partition coefficient (Wildman–Crippen LogP) is 3.42. The third-order valence-electron chi connectivity index (χ3n) is 5.97. The maximum Gasteiger partial charge on any atom is 0.323 e. The van der Waals surface area contributed by atoms with Crippen molar-refractivity contribution in [1.82, 2.24) is 0 Å². The molecule has 33 heavy (non-hydrogen) atoms. The molecule has 2 aromatic rings. The summed E-state index contributed by atoms with van der Waals surface area (Å²) < 4.78 is 9.80. The quantitative estimate of drug-likeness (QED) is 0.367. The van der Waals surface area contributed by atoms with E-state index in [0.717, 1.165) is 14.2 Å². The van der Waals surface area contributed by atoms with Gasteiger partial charge in [0.15, 0.2) is 5.41 Å². The highest BCUT2D eigenvalue weighted by atomic mass is 16.5. The molecule has 0 aliphatic rings. The van der Waals surface area contributed by atoms with Crippen LogP contribution in [0.5, 0.6) is 0 Å². The summed E-state index contributed by atoms with van der Waals surface area (Å²) in [5.74, 6) is -4.00. The molecule has 0 aromatic heterocycles. The first kappa shape index (κ1) is 25.6. The Morgan fingerprint density at radius 3 is 1.55 bits per heavy atom. The number of carbonyl (C=O) groups is 4. The predicted molar refractivity (Wildman–Crippen MR) is 118 cm³/mol. The van der Waals surface area contributed by atoms with E-state index in [1.165, 1.54) is 0 Å². The average molecular weight is 456 g/mol. The lowest BCUT2D eigenvalue weighted by Crippen LogP contribution is -2.45. The molecule has 0 radical (unpaired) electrons. The van der Waals surface area contributed by atoms with Crippen LogP contribution in [-0.2, 0) is 34.1 Å². The number of carboxylic acid groups (broad SMARTS) is 2. The van der Waals surface area contributed by atoms with Crippen molar-refractivity contribution in [2.75, 3.05) is 14.2 Å². The fourth-order valence-corrected chi connectivity index (χ4v) is 4.20. The molecule has 0 aliphatic carbocycles. The molecule has 0 saturated heterocycles. The molecular weight excluding hydrogens is 428 g/mol. The molecule has 0 heterocycles. The Morgan fingerprint density at radius 1 is 0.727 bits per heavy atom. The summed E-state index contributed by atoms with van der Waals surface area (Å²) in [4.78, 5) is 49.5. The van der Waals surface area contributed by atoms with Crippen molar-refractivity contribution in [3.63, 3.8) is 0 Å². The Bertz CT molecular complexity index is 913. The highest BCUT2D eigenvalue weighted by Crippen LogP contribution is 2.43. The number of ether oxygens (including phenoxy) is 2. The first-order chi connectivity index (χ1) is 15.7. The number of benzene rings is 2. The summed E-state index contributed by atoms with van der Waals surface area (Å²) >= 11 is 0. The van der Waals surface area contributed by atoms with E-state index < -0.39 is 34.7 Å². The van der Waals surface area contributed by atoms with Crippen LogP contribution in [-0.4, -0.2) is 48.3 Å². The van der Waals surface area contributed by atoms with Gasteiger partial charge in [-0.05, 0) is 36.8 Å². The van der Waals surface area contributed by atoms with Crippen LogP contribution in [0, 0.1) is 5.41 Å². The van der Waals surface area contributed by atoms with E-state index in [1.807, 2.05) is 0 Å². The molecule has 0 fully saturated rings. The summed E-state index contributed by atoms with van der Waals surface area (Å²) in [5, 5.41) is 19.5. The molecule has 0 amide bonds. The summed E-state index contributed by atoms with van der Waals surface area (Å²) in [7, 11) is 2.24. The maximum absolute atomic E-state index is 12.9. The number of carbonyl (C=O) groups excluding carboxylic acids is 2. The first-order valence-electron chi connectivity index (χ1n) is 10.5. The normalized spacial score (nSPS) is 11.5. The first-order valence-corrected chi connectivity index (χ1v) is 10.5. The third kappa shape index (κ3) is 5.39. The molecule has 0 saturated carbocycles. The van der Waals surface area contributed by atoms with Gasteiger partial charge in [-0.15, -0.1) is 0 Å². The molecule has 8 heteroatoms. The number of carboxylic acids is 2. The van der Waals surface area contributed by atoms with Crippen LogP contribution >= 0.6 is 0 Å². The number of hydrogen-bond donors (Lipinski definition) is 2. The van der Waals surface area contributed by atoms with Gasteiger partial charge in [-0.3, -0.25) is 19.2 Å². The molecule has 0 spiro atoms. The lowest BCUT2D eigenvalue weighted by molar-refractivity contribution is -0.171. The largest absolute Gasteiger partial charge is 0.481 e. The zero-order valence-corrected chi connectivity index (χ0v) is 18.7. The zero-order chi connectivity index (χ0) is 24.5. The van der Waals surface area contributed by atoms with Crippen LogP contribution in [0.2, 0.25) is 0 Å². The minimum Gasteiger partial charge on any atom is -0.481 e. The van der Waals surface area contributed by atoms with Gasteiger partial charge in [0.2, 0.25) is 0 Å². The molecule has 2 rings (SSSR count). The molecule has 2 N–H and O–H groups in total. The van der Waals surface area contributed by atoms with Crippen LogP contribution < -0.4 is 0 Å². The molecule has 0 bridgehead atoms. The van der Waals surface area contributed by atoms with Gasteiger partial charge in [-0.1, -0.05) is 60.7 Å². The molecule has 0 unspecified atom stereocenters. The monoisotopic (exact) mass is 456 g/mol. The summed E-state index contributed by atoms with van der Waals surface area (Å²) in [6.07, 6.45) is -0.763. The summed E-state index contributed by atoms with van der Waals surface area (Å²) in [5.41, 5.74) is -2.44.